The normalized spacial score (nSPS) is 17.2. The van der Waals surface area contributed by atoms with E-state index in [1.807, 2.05) is 6.92 Å². The first-order chi connectivity index (χ1) is 9.02. The Balaban J connectivity index is 2.30. The Kier molecular flexibility index (Phi) is 4.45. The lowest BCUT2D eigenvalue weighted by Crippen LogP contribution is -2.31. The Bertz CT molecular complexity index is 572. The summed E-state index contributed by atoms with van der Waals surface area (Å²) in [6.07, 6.45) is 2.53. The van der Waals surface area contributed by atoms with Crippen molar-refractivity contribution < 1.29 is 4.79 Å². The van der Waals surface area contributed by atoms with Crippen LogP contribution < -0.4 is 5.32 Å². The van der Waals surface area contributed by atoms with Crippen molar-refractivity contribution in [3.63, 3.8) is 0 Å². The first-order valence-corrected chi connectivity index (χ1v) is 6.99. The number of benzene rings is 1. The van der Waals surface area contributed by atoms with E-state index in [9.17, 15) is 4.79 Å². The van der Waals surface area contributed by atoms with Crippen molar-refractivity contribution in [1.82, 2.24) is 10.2 Å². The first kappa shape index (κ1) is 14.3. The smallest absolute Gasteiger partial charge is 0.276 e. The maximum absolute atomic E-state index is 12.1. The monoisotopic (exact) mass is 314 g/mol. The summed E-state index contributed by atoms with van der Waals surface area (Å²) in [4.78, 5) is 13.7. The highest BCUT2D eigenvalue weighted by molar-refractivity contribution is 7.80. The zero-order valence-corrected chi connectivity index (χ0v) is 12.6. The summed E-state index contributed by atoms with van der Waals surface area (Å²) in [5, 5.41) is 4.39. The molecule has 0 aromatic heterocycles. The number of hydrogen-bond acceptors (Lipinski definition) is 2. The van der Waals surface area contributed by atoms with Gasteiger partial charge >= 0.3 is 0 Å². The number of carbonyl (C=O) groups excluding carboxylic acids is 1. The first-order valence-electron chi connectivity index (χ1n) is 5.82. The fourth-order valence-corrected chi connectivity index (χ4v) is 2.52. The van der Waals surface area contributed by atoms with E-state index in [1.54, 1.807) is 29.2 Å². The average Bonchev–Trinajstić information content (AvgIpc) is 2.61. The van der Waals surface area contributed by atoms with Gasteiger partial charge in [0.1, 0.15) is 5.70 Å². The predicted molar refractivity (Wildman–Crippen MR) is 82.2 cm³/mol. The molecule has 1 aliphatic rings. The van der Waals surface area contributed by atoms with Gasteiger partial charge in [0.05, 0.1) is 0 Å². The van der Waals surface area contributed by atoms with Crippen LogP contribution in [0.25, 0.3) is 6.08 Å². The fraction of sp³-hybridized carbons (Fsp3) is 0.231. The lowest BCUT2D eigenvalue weighted by molar-refractivity contribution is -0.122. The van der Waals surface area contributed by atoms with Crippen molar-refractivity contribution >= 4 is 52.5 Å². The number of nitrogens with zero attached hydrogens (tertiary/aromatic N) is 1. The van der Waals surface area contributed by atoms with Crippen LogP contribution in [-0.4, -0.2) is 22.5 Å². The van der Waals surface area contributed by atoms with Crippen molar-refractivity contribution in [2.75, 3.05) is 6.54 Å². The molecule has 0 aliphatic carbocycles. The number of rotatable bonds is 3. The lowest BCUT2D eigenvalue weighted by atomic mass is 10.2. The molecule has 0 spiro atoms. The average molecular weight is 315 g/mol. The molecule has 1 N–H and O–H groups in total. The summed E-state index contributed by atoms with van der Waals surface area (Å²) in [6, 6.07) is 5.12. The van der Waals surface area contributed by atoms with Crippen LogP contribution in [-0.2, 0) is 4.79 Å². The molecule has 1 fully saturated rings. The predicted octanol–water partition coefficient (Wildman–Crippen LogP) is 3.46. The number of carbonyl (C=O) groups is 1. The van der Waals surface area contributed by atoms with Gasteiger partial charge in [-0.3, -0.25) is 9.69 Å². The summed E-state index contributed by atoms with van der Waals surface area (Å²) >= 11 is 17.0. The number of hydrogen-bond donors (Lipinski definition) is 1. The van der Waals surface area contributed by atoms with Crippen LogP contribution in [0, 0.1) is 0 Å². The molecule has 100 valence electrons. The Hall–Kier alpha value is -1.10. The van der Waals surface area contributed by atoms with Gasteiger partial charge in [-0.2, -0.15) is 0 Å². The van der Waals surface area contributed by atoms with E-state index < -0.39 is 0 Å². The molecule has 19 heavy (non-hydrogen) atoms. The van der Waals surface area contributed by atoms with Crippen molar-refractivity contribution in [2.45, 2.75) is 13.3 Å². The zero-order valence-electron chi connectivity index (χ0n) is 10.2. The highest BCUT2D eigenvalue weighted by Gasteiger charge is 2.29. The molecule has 0 unspecified atom stereocenters. The van der Waals surface area contributed by atoms with Crippen LogP contribution in [0.15, 0.2) is 23.9 Å². The number of thiocarbonyl (C=S) groups is 1. The summed E-state index contributed by atoms with van der Waals surface area (Å²) in [5.74, 6) is -0.127. The van der Waals surface area contributed by atoms with Crippen LogP contribution >= 0.6 is 35.4 Å². The third-order valence-electron chi connectivity index (χ3n) is 2.67. The largest absolute Gasteiger partial charge is 0.328 e. The highest BCUT2D eigenvalue weighted by atomic mass is 35.5. The minimum atomic E-state index is -0.127. The minimum Gasteiger partial charge on any atom is -0.328 e. The second-order valence-corrected chi connectivity index (χ2v) is 5.34. The standard InChI is InChI=1S/C13H12Cl2N2OS/c1-2-5-17-12(18)11(16-13(17)19)6-8-3-4-9(14)7-10(8)15/h3-4,6-7H,2,5H2,1H3,(H,16,19)/b11-6-. The molecule has 0 bridgehead atoms. The molecule has 1 heterocycles. The summed E-state index contributed by atoms with van der Waals surface area (Å²) in [7, 11) is 0. The van der Waals surface area contributed by atoms with Crippen molar-refractivity contribution in [1.29, 1.82) is 0 Å². The van der Waals surface area contributed by atoms with Crippen LogP contribution in [0.4, 0.5) is 0 Å². The van der Waals surface area contributed by atoms with Gasteiger partial charge in [0.2, 0.25) is 0 Å². The van der Waals surface area contributed by atoms with Gasteiger partial charge in [-0.15, -0.1) is 0 Å². The van der Waals surface area contributed by atoms with Crippen molar-refractivity contribution in [3.05, 3.63) is 39.5 Å². The SMILES string of the molecule is CCCN1C(=O)/C(=C/c2ccc(Cl)cc2Cl)NC1=S. The van der Waals surface area contributed by atoms with E-state index in [0.29, 0.717) is 27.4 Å². The van der Waals surface area contributed by atoms with E-state index in [1.165, 1.54) is 0 Å². The topological polar surface area (TPSA) is 32.3 Å². The van der Waals surface area contributed by atoms with Crippen LogP contribution in [0.1, 0.15) is 18.9 Å². The van der Waals surface area contributed by atoms with E-state index in [0.717, 1.165) is 12.0 Å². The van der Waals surface area contributed by atoms with Crippen LogP contribution in [0.5, 0.6) is 0 Å². The quantitative estimate of drug-likeness (QED) is 0.685. The molecule has 6 heteroatoms. The Morgan fingerprint density at radius 2 is 2.16 bits per heavy atom. The van der Waals surface area contributed by atoms with Gasteiger partial charge in [-0.05, 0) is 42.4 Å². The molecule has 3 nitrogen and oxygen atoms in total. The Morgan fingerprint density at radius 1 is 1.42 bits per heavy atom. The molecule has 1 aromatic carbocycles. The van der Waals surface area contributed by atoms with Gasteiger partial charge in [0, 0.05) is 16.6 Å². The Morgan fingerprint density at radius 3 is 2.79 bits per heavy atom. The lowest BCUT2D eigenvalue weighted by Gasteiger charge is -2.11. The molecular formula is C13H12Cl2N2OS. The second-order valence-electron chi connectivity index (χ2n) is 4.11. The number of amides is 1. The van der Waals surface area contributed by atoms with Gasteiger partial charge in [-0.1, -0.05) is 36.2 Å². The van der Waals surface area contributed by atoms with Crippen LogP contribution in [0.3, 0.4) is 0 Å². The molecule has 0 atom stereocenters. The van der Waals surface area contributed by atoms with Gasteiger partial charge < -0.3 is 5.32 Å². The molecule has 1 aromatic rings. The van der Waals surface area contributed by atoms with Crippen LogP contribution in [0.2, 0.25) is 10.0 Å². The minimum absolute atomic E-state index is 0.127. The third kappa shape index (κ3) is 3.08. The number of nitrogens with one attached hydrogen (secondary N) is 1. The van der Waals surface area contributed by atoms with E-state index >= 15 is 0 Å². The van der Waals surface area contributed by atoms with E-state index in [2.05, 4.69) is 5.32 Å². The maximum Gasteiger partial charge on any atom is 0.276 e. The molecule has 1 aliphatic heterocycles. The van der Waals surface area contributed by atoms with E-state index in [4.69, 9.17) is 35.4 Å². The summed E-state index contributed by atoms with van der Waals surface area (Å²) in [6.45, 7) is 2.60. The van der Waals surface area contributed by atoms with Crippen molar-refractivity contribution in [2.24, 2.45) is 0 Å². The maximum atomic E-state index is 12.1. The second kappa shape index (κ2) is 5.90. The fourth-order valence-electron chi connectivity index (χ4n) is 1.77. The van der Waals surface area contributed by atoms with Gasteiger partial charge in [-0.25, -0.2) is 0 Å². The highest BCUT2D eigenvalue weighted by Crippen LogP contribution is 2.24. The third-order valence-corrected chi connectivity index (χ3v) is 3.56. The molecule has 1 amide bonds. The molecular weight excluding hydrogens is 303 g/mol. The summed E-state index contributed by atoms with van der Waals surface area (Å²) < 4.78 is 0. The summed E-state index contributed by atoms with van der Waals surface area (Å²) in [5.41, 5.74) is 1.16. The molecule has 0 radical (unpaired) electrons. The molecule has 1 saturated heterocycles. The number of halogens is 2. The Labute approximate surface area is 127 Å². The zero-order chi connectivity index (χ0) is 14.0. The molecule has 2 rings (SSSR count). The van der Waals surface area contributed by atoms with E-state index in [-0.39, 0.29) is 5.91 Å². The van der Waals surface area contributed by atoms with Crippen molar-refractivity contribution in [3.8, 4) is 0 Å². The van der Waals surface area contributed by atoms with Gasteiger partial charge in [0.25, 0.3) is 5.91 Å². The van der Waals surface area contributed by atoms with Gasteiger partial charge in [0.15, 0.2) is 5.11 Å². The molecule has 0 saturated carbocycles.